The van der Waals surface area contributed by atoms with E-state index in [1.54, 1.807) is 12.1 Å². The number of fused-ring (bicyclic) bond motifs is 2. The monoisotopic (exact) mass is 548 g/mol. The predicted molar refractivity (Wildman–Crippen MR) is 141 cm³/mol. The van der Waals surface area contributed by atoms with Crippen LogP contribution in [0.3, 0.4) is 0 Å². The molecule has 0 radical (unpaired) electrons. The Morgan fingerprint density at radius 3 is 2.54 bits per heavy atom. The number of aliphatic imine (C=N–C) groups is 1. The Balaban J connectivity index is 1.75. The molecule has 0 spiro atoms. The van der Waals surface area contributed by atoms with E-state index in [0.29, 0.717) is 18.0 Å². The largest absolute Gasteiger partial charge is 0.506 e. The lowest BCUT2D eigenvalue weighted by Crippen LogP contribution is -2.48. The predicted octanol–water partition coefficient (Wildman–Crippen LogP) is 5.03. The van der Waals surface area contributed by atoms with E-state index in [9.17, 15) is 28.6 Å². The van der Waals surface area contributed by atoms with E-state index in [2.05, 4.69) is 4.99 Å². The summed E-state index contributed by atoms with van der Waals surface area (Å²) in [7, 11) is 0. The van der Waals surface area contributed by atoms with Crippen molar-refractivity contribution in [3.63, 3.8) is 0 Å². The van der Waals surface area contributed by atoms with Gasteiger partial charge in [-0.3, -0.25) is 9.79 Å². The van der Waals surface area contributed by atoms with Gasteiger partial charge in [0.1, 0.15) is 22.7 Å². The fraction of sp³-hybridized carbons (Fsp3) is 0.138. The number of carbonyl (C=O) groups excluding carboxylic acids is 1. The standard InChI is InChI=1S/C29H19ClF2N2O5/c30-17-9-6-15(7-10-17)25(35)22-24(23-26(36)18-4-1-2-5-21(18)39-28(23)37)29(38,34-13-3-12-33-27(22)34)16-8-11-19(31)20(32)14-16/h1-2,4-11,14,36,38H,3,12-13H2. The van der Waals surface area contributed by atoms with Gasteiger partial charge in [-0.25, -0.2) is 13.6 Å². The highest BCUT2D eigenvalue weighted by Crippen LogP contribution is 2.51. The molecule has 0 saturated carbocycles. The lowest BCUT2D eigenvalue weighted by molar-refractivity contribution is -0.0171. The minimum absolute atomic E-state index is 0.0513. The summed E-state index contributed by atoms with van der Waals surface area (Å²) in [6.45, 7) is 0.470. The zero-order valence-electron chi connectivity index (χ0n) is 20.1. The normalized spacial score (nSPS) is 18.9. The maximum Gasteiger partial charge on any atom is 0.347 e. The molecule has 6 rings (SSSR count). The Morgan fingerprint density at radius 2 is 1.79 bits per heavy atom. The molecule has 0 amide bonds. The topological polar surface area (TPSA) is 103 Å². The van der Waals surface area contributed by atoms with Crippen molar-refractivity contribution in [2.45, 2.75) is 12.1 Å². The molecule has 1 unspecified atom stereocenters. The van der Waals surface area contributed by atoms with Crippen molar-refractivity contribution < 1.29 is 28.2 Å². The first-order chi connectivity index (χ1) is 18.7. The van der Waals surface area contributed by atoms with Crippen LogP contribution < -0.4 is 5.63 Å². The number of aromatic hydroxyl groups is 1. The number of benzene rings is 3. The number of nitrogens with zero attached hydrogens (tertiary/aromatic N) is 2. The van der Waals surface area contributed by atoms with E-state index in [0.717, 1.165) is 18.2 Å². The average molecular weight is 549 g/mol. The summed E-state index contributed by atoms with van der Waals surface area (Å²) in [5.41, 5.74) is -4.36. The molecule has 1 aromatic heterocycles. The smallest absolute Gasteiger partial charge is 0.347 e. The molecule has 3 heterocycles. The molecule has 2 aliphatic heterocycles. The van der Waals surface area contributed by atoms with Crippen LogP contribution in [0.1, 0.15) is 27.9 Å². The first kappa shape index (κ1) is 25.0. The quantitative estimate of drug-likeness (QED) is 0.274. The molecule has 3 aromatic carbocycles. The van der Waals surface area contributed by atoms with Gasteiger partial charge in [-0.2, -0.15) is 0 Å². The summed E-state index contributed by atoms with van der Waals surface area (Å²) < 4.78 is 33.9. The molecule has 2 aliphatic rings. The molecule has 1 atom stereocenters. The molecule has 0 fully saturated rings. The molecule has 7 nitrogen and oxygen atoms in total. The van der Waals surface area contributed by atoms with Gasteiger partial charge in [0.05, 0.1) is 11.0 Å². The van der Waals surface area contributed by atoms with Crippen LogP contribution in [0.4, 0.5) is 8.78 Å². The first-order valence-corrected chi connectivity index (χ1v) is 12.4. The number of amidine groups is 1. The second kappa shape index (κ2) is 9.14. The zero-order chi connectivity index (χ0) is 27.5. The minimum atomic E-state index is -2.39. The summed E-state index contributed by atoms with van der Waals surface area (Å²) in [6, 6.07) is 15.0. The summed E-state index contributed by atoms with van der Waals surface area (Å²) in [5, 5.41) is 24.4. The van der Waals surface area contributed by atoms with Gasteiger partial charge in [0, 0.05) is 34.8 Å². The van der Waals surface area contributed by atoms with E-state index in [4.69, 9.17) is 16.0 Å². The number of ketones is 1. The third-order valence-electron chi connectivity index (χ3n) is 6.96. The highest BCUT2D eigenvalue weighted by atomic mass is 35.5. The molecule has 0 bridgehead atoms. The van der Waals surface area contributed by atoms with Crippen molar-refractivity contribution in [2.24, 2.45) is 4.99 Å². The maximum absolute atomic E-state index is 14.5. The van der Waals surface area contributed by atoms with Crippen molar-refractivity contribution in [2.75, 3.05) is 13.1 Å². The number of hydrogen-bond donors (Lipinski definition) is 2. The van der Waals surface area contributed by atoms with Crippen molar-refractivity contribution >= 4 is 39.8 Å². The van der Waals surface area contributed by atoms with Crippen molar-refractivity contribution in [1.82, 2.24) is 4.90 Å². The van der Waals surface area contributed by atoms with Crippen LogP contribution in [0.5, 0.6) is 5.75 Å². The first-order valence-electron chi connectivity index (χ1n) is 12.0. The van der Waals surface area contributed by atoms with E-state index in [1.165, 1.54) is 41.3 Å². The Kier molecular flexibility index (Phi) is 5.85. The maximum atomic E-state index is 14.5. The fourth-order valence-corrected chi connectivity index (χ4v) is 5.31. The third kappa shape index (κ3) is 3.77. The molecular formula is C29H19ClF2N2O5. The number of Topliss-reactive ketones (excluding diaryl/α,β-unsaturated/α-hetero) is 1. The van der Waals surface area contributed by atoms with Gasteiger partial charge in [0.25, 0.3) is 0 Å². The molecule has 196 valence electrons. The zero-order valence-corrected chi connectivity index (χ0v) is 20.9. The molecule has 2 N–H and O–H groups in total. The minimum Gasteiger partial charge on any atom is -0.506 e. The Labute approximate surface area is 224 Å². The lowest BCUT2D eigenvalue weighted by Gasteiger charge is -2.39. The molecule has 4 aromatic rings. The summed E-state index contributed by atoms with van der Waals surface area (Å²) in [4.78, 5) is 33.3. The molecule has 0 saturated heterocycles. The summed E-state index contributed by atoms with van der Waals surface area (Å²) >= 11 is 6.01. The van der Waals surface area contributed by atoms with Gasteiger partial charge < -0.3 is 19.5 Å². The van der Waals surface area contributed by atoms with Crippen molar-refractivity contribution in [3.05, 3.63) is 116 Å². The molecule has 39 heavy (non-hydrogen) atoms. The van der Waals surface area contributed by atoms with Gasteiger partial charge in [-0.1, -0.05) is 29.8 Å². The van der Waals surface area contributed by atoms with Crippen LogP contribution in [0, 0.1) is 11.6 Å². The number of halogens is 3. The van der Waals surface area contributed by atoms with Gasteiger partial charge in [0.2, 0.25) is 0 Å². The number of aliphatic hydroxyl groups is 1. The molecular weight excluding hydrogens is 530 g/mol. The van der Waals surface area contributed by atoms with Gasteiger partial charge in [-0.05, 0) is 55.0 Å². The van der Waals surface area contributed by atoms with Gasteiger partial charge >= 0.3 is 5.63 Å². The van der Waals surface area contributed by atoms with E-state index in [-0.39, 0.29) is 45.6 Å². The SMILES string of the molecule is O=C(C1=C(c2c(O)c3ccccc3oc2=O)C(O)(c2ccc(F)c(F)c2)N2CCCN=C12)c1ccc(Cl)cc1. The highest BCUT2D eigenvalue weighted by molar-refractivity contribution is 6.35. The van der Waals surface area contributed by atoms with E-state index in [1.807, 2.05) is 0 Å². The summed E-state index contributed by atoms with van der Waals surface area (Å²) in [6.07, 6.45) is 0.462. The number of carbonyl (C=O) groups is 1. The van der Waals surface area contributed by atoms with E-state index < -0.39 is 40.1 Å². The van der Waals surface area contributed by atoms with Crippen LogP contribution in [0.25, 0.3) is 16.5 Å². The summed E-state index contributed by atoms with van der Waals surface area (Å²) in [5.74, 6) is -3.51. The van der Waals surface area contributed by atoms with E-state index >= 15 is 0 Å². The second-order valence-corrected chi connectivity index (χ2v) is 9.64. The Hall–Kier alpha value is -4.34. The second-order valence-electron chi connectivity index (χ2n) is 9.21. The number of hydrogen-bond acceptors (Lipinski definition) is 7. The number of para-hydroxylation sites is 1. The van der Waals surface area contributed by atoms with Crippen LogP contribution >= 0.6 is 11.6 Å². The van der Waals surface area contributed by atoms with Crippen LogP contribution in [-0.4, -0.2) is 39.8 Å². The van der Waals surface area contributed by atoms with Crippen molar-refractivity contribution in [3.8, 4) is 5.75 Å². The third-order valence-corrected chi connectivity index (χ3v) is 7.21. The Morgan fingerprint density at radius 1 is 1.05 bits per heavy atom. The Bertz CT molecular complexity index is 1800. The van der Waals surface area contributed by atoms with Crippen LogP contribution in [0.2, 0.25) is 5.02 Å². The number of rotatable bonds is 4. The fourth-order valence-electron chi connectivity index (χ4n) is 5.18. The molecule has 10 heteroatoms. The van der Waals surface area contributed by atoms with Gasteiger partial charge in [-0.15, -0.1) is 0 Å². The highest BCUT2D eigenvalue weighted by Gasteiger charge is 2.55. The van der Waals surface area contributed by atoms with Crippen LogP contribution in [-0.2, 0) is 5.72 Å². The van der Waals surface area contributed by atoms with Gasteiger partial charge in [0.15, 0.2) is 23.1 Å². The van der Waals surface area contributed by atoms with Crippen LogP contribution in [0.15, 0.2) is 86.5 Å². The van der Waals surface area contributed by atoms with Crippen molar-refractivity contribution in [1.29, 1.82) is 0 Å². The average Bonchev–Trinajstić information content (AvgIpc) is 3.19. The lowest BCUT2D eigenvalue weighted by atomic mass is 9.86. The molecule has 0 aliphatic carbocycles.